The molecular formula is C15H18N2O3. The second-order valence-electron chi connectivity index (χ2n) is 5.00. The lowest BCUT2D eigenvalue weighted by molar-refractivity contribution is -0.136. The van der Waals surface area contributed by atoms with E-state index in [9.17, 15) is 4.79 Å². The van der Waals surface area contributed by atoms with E-state index in [1.54, 1.807) is 6.92 Å². The van der Waals surface area contributed by atoms with Gasteiger partial charge in [0.15, 0.2) is 0 Å². The molecule has 1 heterocycles. The number of hydrogen-bond donors (Lipinski definition) is 2. The summed E-state index contributed by atoms with van der Waals surface area (Å²) in [6.07, 6.45) is -0.160. The molecule has 0 amide bonds. The fourth-order valence-corrected chi connectivity index (χ4v) is 1.86. The summed E-state index contributed by atoms with van der Waals surface area (Å²) in [5.74, 6) is -0.0777. The Bertz CT molecular complexity index is 600. The Balaban J connectivity index is 2.11. The molecule has 0 unspecified atom stereocenters. The fraction of sp³-hybridized carbons (Fsp3) is 0.333. The average molecular weight is 274 g/mol. The Labute approximate surface area is 117 Å². The van der Waals surface area contributed by atoms with Crippen molar-refractivity contribution in [2.75, 3.05) is 5.32 Å². The van der Waals surface area contributed by atoms with Crippen LogP contribution in [0.1, 0.15) is 36.8 Å². The standard InChI is InChI=1S/C15H18N2O3/c1-9(2)11-4-6-12(7-5-11)17-15-16-10(3)13(20-15)8-14(18)19/h4-7,9H,8H2,1-3H3,(H,16,17)(H,18,19). The number of nitrogens with zero attached hydrogens (tertiary/aromatic N) is 1. The second-order valence-corrected chi connectivity index (χ2v) is 5.00. The number of carboxylic acid groups (broad SMARTS) is 1. The summed E-state index contributed by atoms with van der Waals surface area (Å²) in [6.45, 7) is 6.00. The summed E-state index contributed by atoms with van der Waals surface area (Å²) < 4.78 is 5.40. The number of rotatable bonds is 5. The van der Waals surface area contributed by atoms with Crippen molar-refractivity contribution >= 4 is 17.7 Å². The Hall–Kier alpha value is -2.30. The van der Waals surface area contributed by atoms with Gasteiger partial charge in [-0.15, -0.1) is 0 Å². The third-order valence-corrected chi connectivity index (χ3v) is 3.03. The van der Waals surface area contributed by atoms with Crippen LogP contribution in [0, 0.1) is 6.92 Å². The molecule has 0 aliphatic heterocycles. The SMILES string of the molecule is Cc1nc(Nc2ccc(C(C)C)cc2)oc1CC(=O)O. The second kappa shape index (κ2) is 5.77. The van der Waals surface area contributed by atoms with Gasteiger partial charge in [0.1, 0.15) is 12.2 Å². The number of aromatic nitrogens is 1. The van der Waals surface area contributed by atoms with E-state index in [0.717, 1.165) is 5.69 Å². The van der Waals surface area contributed by atoms with Gasteiger partial charge in [0, 0.05) is 5.69 Å². The maximum atomic E-state index is 10.7. The minimum Gasteiger partial charge on any atom is -0.481 e. The van der Waals surface area contributed by atoms with Gasteiger partial charge in [-0.2, -0.15) is 4.98 Å². The zero-order valence-corrected chi connectivity index (χ0v) is 11.8. The molecule has 1 aromatic carbocycles. The van der Waals surface area contributed by atoms with Gasteiger partial charge in [-0.25, -0.2) is 0 Å². The zero-order chi connectivity index (χ0) is 14.7. The summed E-state index contributed by atoms with van der Waals surface area (Å²) in [7, 11) is 0. The Kier molecular flexibility index (Phi) is 4.08. The van der Waals surface area contributed by atoms with E-state index in [1.165, 1.54) is 5.56 Å². The lowest BCUT2D eigenvalue weighted by Crippen LogP contribution is -1.99. The van der Waals surface area contributed by atoms with Crippen molar-refractivity contribution in [1.29, 1.82) is 0 Å². The molecule has 0 bridgehead atoms. The van der Waals surface area contributed by atoms with Crippen molar-refractivity contribution in [3.05, 3.63) is 41.3 Å². The van der Waals surface area contributed by atoms with Crippen molar-refractivity contribution in [1.82, 2.24) is 4.98 Å². The van der Waals surface area contributed by atoms with Crippen LogP contribution in [0.15, 0.2) is 28.7 Å². The summed E-state index contributed by atoms with van der Waals surface area (Å²) >= 11 is 0. The first-order valence-electron chi connectivity index (χ1n) is 6.51. The van der Waals surface area contributed by atoms with Gasteiger partial charge in [-0.3, -0.25) is 4.79 Å². The molecule has 5 nitrogen and oxygen atoms in total. The van der Waals surface area contributed by atoms with E-state index >= 15 is 0 Å². The maximum absolute atomic E-state index is 10.7. The van der Waals surface area contributed by atoms with Crippen LogP contribution in [0.3, 0.4) is 0 Å². The number of aryl methyl sites for hydroxylation is 1. The Morgan fingerprint density at radius 1 is 1.35 bits per heavy atom. The average Bonchev–Trinajstić information content (AvgIpc) is 2.69. The molecule has 0 spiro atoms. The number of carbonyl (C=O) groups is 1. The van der Waals surface area contributed by atoms with E-state index in [0.29, 0.717) is 23.4 Å². The third-order valence-electron chi connectivity index (χ3n) is 3.03. The van der Waals surface area contributed by atoms with Gasteiger partial charge in [0.25, 0.3) is 6.01 Å². The lowest BCUT2D eigenvalue weighted by Gasteiger charge is -2.06. The first-order valence-corrected chi connectivity index (χ1v) is 6.51. The monoisotopic (exact) mass is 274 g/mol. The van der Waals surface area contributed by atoms with Crippen molar-refractivity contribution in [3.63, 3.8) is 0 Å². The van der Waals surface area contributed by atoms with E-state index in [1.807, 2.05) is 24.3 Å². The van der Waals surface area contributed by atoms with Gasteiger partial charge in [0.2, 0.25) is 0 Å². The smallest absolute Gasteiger partial charge is 0.311 e. The molecule has 1 aromatic heterocycles. The van der Waals surface area contributed by atoms with E-state index in [4.69, 9.17) is 9.52 Å². The topological polar surface area (TPSA) is 75.4 Å². The van der Waals surface area contributed by atoms with Gasteiger partial charge in [-0.05, 0) is 30.5 Å². The van der Waals surface area contributed by atoms with Crippen molar-refractivity contribution in [2.24, 2.45) is 0 Å². The quantitative estimate of drug-likeness (QED) is 0.873. The molecule has 106 valence electrons. The van der Waals surface area contributed by atoms with Crippen LogP contribution in [-0.2, 0) is 11.2 Å². The fourth-order valence-electron chi connectivity index (χ4n) is 1.86. The van der Waals surface area contributed by atoms with Crippen LogP contribution in [0.4, 0.5) is 11.7 Å². The van der Waals surface area contributed by atoms with Crippen LogP contribution in [-0.4, -0.2) is 16.1 Å². The van der Waals surface area contributed by atoms with Crippen LogP contribution < -0.4 is 5.32 Å². The van der Waals surface area contributed by atoms with Crippen molar-refractivity contribution < 1.29 is 14.3 Å². The third kappa shape index (κ3) is 3.38. The summed E-state index contributed by atoms with van der Waals surface area (Å²) in [4.78, 5) is 14.9. The van der Waals surface area contributed by atoms with E-state index < -0.39 is 5.97 Å². The number of hydrogen-bond acceptors (Lipinski definition) is 4. The molecule has 0 aliphatic rings. The highest BCUT2D eigenvalue weighted by atomic mass is 16.4. The minimum atomic E-state index is -0.933. The van der Waals surface area contributed by atoms with Crippen LogP contribution in [0.2, 0.25) is 0 Å². The molecule has 0 saturated carbocycles. The predicted molar refractivity (Wildman–Crippen MR) is 76.4 cm³/mol. The molecule has 0 radical (unpaired) electrons. The predicted octanol–water partition coefficient (Wildman–Crippen LogP) is 3.48. The van der Waals surface area contributed by atoms with Crippen LogP contribution in [0.25, 0.3) is 0 Å². The molecule has 2 aromatic rings. The van der Waals surface area contributed by atoms with Crippen LogP contribution >= 0.6 is 0 Å². The molecule has 20 heavy (non-hydrogen) atoms. The number of anilines is 2. The van der Waals surface area contributed by atoms with Gasteiger partial charge in [-0.1, -0.05) is 26.0 Å². The largest absolute Gasteiger partial charge is 0.481 e. The van der Waals surface area contributed by atoms with Crippen molar-refractivity contribution in [2.45, 2.75) is 33.1 Å². The molecule has 5 heteroatoms. The molecule has 0 aliphatic carbocycles. The normalized spacial score (nSPS) is 10.8. The lowest BCUT2D eigenvalue weighted by atomic mass is 10.0. The zero-order valence-electron chi connectivity index (χ0n) is 11.8. The van der Waals surface area contributed by atoms with Crippen LogP contribution in [0.5, 0.6) is 0 Å². The van der Waals surface area contributed by atoms with E-state index in [2.05, 4.69) is 24.1 Å². The number of nitrogens with one attached hydrogen (secondary N) is 1. The highest BCUT2D eigenvalue weighted by Crippen LogP contribution is 2.22. The van der Waals surface area contributed by atoms with Gasteiger partial charge in [0.05, 0.1) is 5.69 Å². The minimum absolute atomic E-state index is 0.160. The Morgan fingerprint density at radius 2 is 2.00 bits per heavy atom. The summed E-state index contributed by atoms with van der Waals surface area (Å²) in [6, 6.07) is 8.30. The first kappa shape index (κ1) is 14.1. The molecular weight excluding hydrogens is 256 g/mol. The van der Waals surface area contributed by atoms with Gasteiger partial charge < -0.3 is 14.8 Å². The van der Waals surface area contributed by atoms with Gasteiger partial charge >= 0.3 is 5.97 Å². The number of benzene rings is 1. The molecule has 2 rings (SSSR count). The molecule has 0 fully saturated rings. The maximum Gasteiger partial charge on any atom is 0.311 e. The molecule has 0 atom stereocenters. The first-order chi connectivity index (χ1) is 9.45. The summed E-state index contributed by atoms with van der Waals surface area (Å²) in [5, 5.41) is 11.8. The summed E-state index contributed by atoms with van der Waals surface area (Å²) in [5.41, 5.74) is 2.71. The molecule has 2 N–H and O–H groups in total. The van der Waals surface area contributed by atoms with Crippen molar-refractivity contribution in [3.8, 4) is 0 Å². The number of carboxylic acids is 1. The highest BCUT2D eigenvalue weighted by Gasteiger charge is 2.13. The Morgan fingerprint density at radius 3 is 2.55 bits per heavy atom. The molecule has 0 saturated heterocycles. The highest BCUT2D eigenvalue weighted by molar-refractivity contribution is 5.69. The van der Waals surface area contributed by atoms with E-state index in [-0.39, 0.29) is 6.42 Å². The number of oxazole rings is 1. The number of aliphatic carboxylic acids is 1.